The van der Waals surface area contributed by atoms with Gasteiger partial charge < -0.3 is 14.8 Å². The quantitative estimate of drug-likeness (QED) is 0.824. The minimum absolute atomic E-state index is 0.225. The summed E-state index contributed by atoms with van der Waals surface area (Å²) in [5, 5.41) is 3.57. The average Bonchev–Trinajstić information content (AvgIpc) is 2.92. The fraction of sp³-hybridized carbons (Fsp3) is 0.647. The molecule has 0 bridgehead atoms. The van der Waals surface area contributed by atoms with E-state index in [1.54, 1.807) is 0 Å². The van der Waals surface area contributed by atoms with E-state index in [0.717, 1.165) is 25.3 Å². The van der Waals surface area contributed by atoms with Gasteiger partial charge in [0.05, 0.1) is 12.2 Å². The van der Waals surface area contributed by atoms with E-state index in [1.165, 1.54) is 18.4 Å². The lowest BCUT2D eigenvalue weighted by atomic mass is 10.1. The lowest BCUT2D eigenvalue weighted by molar-refractivity contribution is 0.103. The molecule has 1 N–H and O–H groups in total. The Morgan fingerprint density at radius 1 is 1.25 bits per heavy atom. The Morgan fingerprint density at radius 2 is 2.00 bits per heavy atom. The predicted octanol–water partition coefficient (Wildman–Crippen LogP) is 3.69. The second kappa shape index (κ2) is 7.65. The van der Waals surface area contributed by atoms with Crippen molar-refractivity contribution in [3.05, 3.63) is 29.8 Å². The summed E-state index contributed by atoms with van der Waals surface area (Å²) in [7, 11) is 0. The smallest absolute Gasteiger partial charge is 0.119 e. The first-order valence-electron chi connectivity index (χ1n) is 7.77. The molecule has 0 radical (unpaired) electrons. The fourth-order valence-corrected chi connectivity index (χ4v) is 2.56. The van der Waals surface area contributed by atoms with Crippen LogP contribution in [0.25, 0.3) is 0 Å². The Kier molecular flexibility index (Phi) is 5.86. The maximum Gasteiger partial charge on any atom is 0.119 e. The molecule has 3 nitrogen and oxygen atoms in total. The van der Waals surface area contributed by atoms with Gasteiger partial charge in [-0.2, -0.15) is 0 Å². The van der Waals surface area contributed by atoms with Crippen LogP contribution in [0.15, 0.2) is 24.3 Å². The molecule has 0 aromatic heterocycles. The summed E-state index contributed by atoms with van der Waals surface area (Å²) < 4.78 is 11.3. The summed E-state index contributed by atoms with van der Waals surface area (Å²) in [6.45, 7) is 8.24. The molecule has 0 saturated carbocycles. The molecule has 2 rings (SSSR count). The highest BCUT2D eigenvalue weighted by molar-refractivity contribution is 5.29. The predicted molar refractivity (Wildman–Crippen MR) is 82.2 cm³/mol. The van der Waals surface area contributed by atoms with Crippen molar-refractivity contribution < 1.29 is 9.47 Å². The maximum atomic E-state index is 5.66. The van der Waals surface area contributed by atoms with E-state index in [-0.39, 0.29) is 6.10 Å². The van der Waals surface area contributed by atoms with Gasteiger partial charge in [0.25, 0.3) is 0 Å². The Hall–Kier alpha value is -1.06. The van der Waals surface area contributed by atoms with Crippen LogP contribution in [0, 0.1) is 0 Å². The van der Waals surface area contributed by atoms with Gasteiger partial charge in [-0.25, -0.2) is 0 Å². The first-order chi connectivity index (χ1) is 9.65. The molecule has 1 fully saturated rings. The number of rotatable bonds is 7. The molecule has 112 valence electrons. The standard InChI is InChI=1S/C17H27NO2/c1-13(2)20-17-8-6-15(7-9-17)14(3)18-11-10-16-5-4-12-19-16/h6-9,13-14,16,18H,4-5,10-12H2,1-3H3. The molecule has 1 aromatic carbocycles. The normalized spacial score (nSPS) is 20.3. The molecule has 1 aliphatic rings. The number of benzene rings is 1. The van der Waals surface area contributed by atoms with Crippen molar-refractivity contribution in [2.45, 2.75) is 58.3 Å². The van der Waals surface area contributed by atoms with E-state index in [0.29, 0.717) is 12.1 Å². The van der Waals surface area contributed by atoms with Crippen molar-refractivity contribution in [3.63, 3.8) is 0 Å². The topological polar surface area (TPSA) is 30.5 Å². The monoisotopic (exact) mass is 277 g/mol. The van der Waals surface area contributed by atoms with Crippen LogP contribution < -0.4 is 10.1 Å². The number of hydrogen-bond acceptors (Lipinski definition) is 3. The highest BCUT2D eigenvalue weighted by Gasteiger charge is 2.15. The van der Waals surface area contributed by atoms with Crippen LogP contribution in [0.2, 0.25) is 0 Å². The van der Waals surface area contributed by atoms with Gasteiger partial charge in [0.15, 0.2) is 0 Å². The molecular formula is C17H27NO2. The highest BCUT2D eigenvalue weighted by Crippen LogP contribution is 2.19. The summed E-state index contributed by atoms with van der Waals surface area (Å²) in [5.74, 6) is 0.940. The Balaban J connectivity index is 1.75. The van der Waals surface area contributed by atoms with Crippen molar-refractivity contribution >= 4 is 0 Å². The van der Waals surface area contributed by atoms with Crippen molar-refractivity contribution in [3.8, 4) is 5.75 Å². The summed E-state index contributed by atoms with van der Waals surface area (Å²) in [5.41, 5.74) is 1.30. The Bertz CT molecular complexity index is 382. The van der Waals surface area contributed by atoms with Crippen molar-refractivity contribution in [1.82, 2.24) is 5.32 Å². The van der Waals surface area contributed by atoms with Crippen LogP contribution in [-0.2, 0) is 4.74 Å². The molecule has 2 unspecified atom stereocenters. The minimum Gasteiger partial charge on any atom is -0.491 e. The molecule has 1 aromatic rings. The van der Waals surface area contributed by atoms with Crippen LogP contribution in [0.3, 0.4) is 0 Å². The highest BCUT2D eigenvalue weighted by atomic mass is 16.5. The van der Waals surface area contributed by atoms with E-state index in [1.807, 2.05) is 26.0 Å². The van der Waals surface area contributed by atoms with Gasteiger partial charge in [-0.15, -0.1) is 0 Å². The molecule has 2 atom stereocenters. The molecule has 0 aliphatic carbocycles. The molecule has 20 heavy (non-hydrogen) atoms. The second-order valence-electron chi connectivity index (χ2n) is 5.84. The molecule has 0 spiro atoms. The average molecular weight is 277 g/mol. The van der Waals surface area contributed by atoms with Gasteiger partial charge in [0, 0.05) is 12.6 Å². The molecule has 1 heterocycles. The second-order valence-corrected chi connectivity index (χ2v) is 5.84. The van der Waals surface area contributed by atoms with Crippen LogP contribution >= 0.6 is 0 Å². The third-order valence-corrected chi connectivity index (χ3v) is 3.69. The van der Waals surface area contributed by atoms with Crippen LogP contribution in [0.1, 0.15) is 51.6 Å². The zero-order valence-corrected chi connectivity index (χ0v) is 12.9. The summed E-state index contributed by atoms with van der Waals surface area (Å²) in [4.78, 5) is 0. The first kappa shape index (κ1) is 15.3. The summed E-state index contributed by atoms with van der Waals surface area (Å²) >= 11 is 0. The van der Waals surface area contributed by atoms with Crippen LogP contribution in [-0.4, -0.2) is 25.4 Å². The zero-order chi connectivity index (χ0) is 14.4. The Morgan fingerprint density at radius 3 is 2.60 bits per heavy atom. The Labute approximate surface area is 122 Å². The van der Waals surface area contributed by atoms with Crippen molar-refractivity contribution in [2.75, 3.05) is 13.2 Å². The third-order valence-electron chi connectivity index (χ3n) is 3.69. The number of ether oxygens (including phenoxy) is 2. The largest absolute Gasteiger partial charge is 0.491 e. The molecule has 1 saturated heterocycles. The molecular weight excluding hydrogens is 250 g/mol. The number of nitrogens with one attached hydrogen (secondary N) is 1. The van der Waals surface area contributed by atoms with E-state index in [2.05, 4.69) is 24.4 Å². The van der Waals surface area contributed by atoms with E-state index in [4.69, 9.17) is 9.47 Å². The van der Waals surface area contributed by atoms with E-state index in [9.17, 15) is 0 Å². The van der Waals surface area contributed by atoms with E-state index >= 15 is 0 Å². The summed E-state index contributed by atoms with van der Waals surface area (Å²) in [6, 6.07) is 8.74. The molecule has 0 amide bonds. The first-order valence-corrected chi connectivity index (χ1v) is 7.77. The van der Waals surface area contributed by atoms with Crippen LogP contribution in [0.4, 0.5) is 0 Å². The fourth-order valence-electron chi connectivity index (χ4n) is 2.56. The van der Waals surface area contributed by atoms with Crippen molar-refractivity contribution in [2.24, 2.45) is 0 Å². The minimum atomic E-state index is 0.225. The van der Waals surface area contributed by atoms with Gasteiger partial charge >= 0.3 is 0 Å². The lowest BCUT2D eigenvalue weighted by Crippen LogP contribution is -2.23. The zero-order valence-electron chi connectivity index (χ0n) is 12.9. The maximum absolute atomic E-state index is 5.66. The van der Waals surface area contributed by atoms with Gasteiger partial charge in [0.1, 0.15) is 5.75 Å². The van der Waals surface area contributed by atoms with Crippen LogP contribution in [0.5, 0.6) is 5.75 Å². The number of hydrogen-bond donors (Lipinski definition) is 1. The molecule has 3 heteroatoms. The van der Waals surface area contributed by atoms with Gasteiger partial charge in [-0.05, 0) is 64.3 Å². The van der Waals surface area contributed by atoms with Gasteiger partial charge in [-0.1, -0.05) is 12.1 Å². The van der Waals surface area contributed by atoms with E-state index < -0.39 is 0 Å². The lowest BCUT2D eigenvalue weighted by Gasteiger charge is -2.17. The van der Waals surface area contributed by atoms with Gasteiger partial charge in [0.2, 0.25) is 0 Å². The van der Waals surface area contributed by atoms with Gasteiger partial charge in [-0.3, -0.25) is 0 Å². The van der Waals surface area contributed by atoms with Crippen molar-refractivity contribution in [1.29, 1.82) is 0 Å². The third kappa shape index (κ3) is 4.80. The SMILES string of the molecule is CC(C)Oc1ccc(C(C)NCCC2CCCO2)cc1. The summed E-state index contributed by atoms with van der Waals surface area (Å²) in [6.07, 6.45) is 4.24. The molecule has 1 aliphatic heterocycles.